The highest BCUT2D eigenvalue weighted by molar-refractivity contribution is 7.15. The fraction of sp³-hybridized carbons (Fsp3) is 0.667. The monoisotopic (exact) mass is 272 g/mol. The van der Waals surface area contributed by atoms with Crippen molar-refractivity contribution in [2.24, 2.45) is 0 Å². The van der Waals surface area contributed by atoms with E-state index in [0.29, 0.717) is 12.3 Å². The second kappa shape index (κ2) is 7.33. The predicted molar refractivity (Wildman–Crippen MR) is 72.6 cm³/mol. The van der Waals surface area contributed by atoms with Gasteiger partial charge in [-0.2, -0.15) is 0 Å². The van der Waals surface area contributed by atoms with Crippen LogP contribution in [0, 0.1) is 6.92 Å². The highest BCUT2D eigenvalue weighted by Crippen LogP contribution is 2.25. The van der Waals surface area contributed by atoms with Gasteiger partial charge < -0.3 is 14.4 Å². The molecule has 0 saturated heterocycles. The smallest absolute Gasteiger partial charge is 0.358 e. The zero-order valence-corrected chi connectivity index (χ0v) is 12.2. The summed E-state index contributed by atoms with van der Waals surface area (Å²) in [5, 5.41) is 0.839. The summed E-state index contributed by atoms with van der Waals surface area (Å²) in [4.78, 5) is 18.9. The van der Waals surface area contributed by atoms with Crippen molar-refractivity contribution in [3.05, 3.63) is 10.6 Å². The number of hydrogen-bond donors (Lipinski definition) is 0. The highest BCUT2D eigenvalue weighted by atomic mass is 32.1. The Labute approximate surface area is 112 Å². The summed E-state index contributed by atoms with van der Waals surface area (Å²) < 4.78 is 9.98. The molecule has 0 bridgehead atoms. The molecule has 102 valence electrons. The lowest BCUT2D eigenvalue weighted by Crippen LogP contribution is -2.19. The lowest BCUT2D eigenvalue weighted by Gasteiger charge is -2.14. The molecule has 18 heavy (non-hydrogen) atoms. The number of aryl methyl sites for hydroxylation is 1. The number of carbonyl (C=O) groups excluding carboxylic acids is 1. The molecule has 0 unspecified atom stereocenters. The molecule has 0 radical (unpaired) electrons. The van der Waals surface area contributed by atoms with Crippen molar-refractivity contribution >= 4 is 22.4 Å². The van der Waals surface area contributed by atoms with E-state index < -0.39 is 0 Å². The van der Waals surface area contributed by atoms with E-state index >= 15 is 0 Å². The molecule has 0 fully saturated rings. The third kappa shape index (κ3) is 3.96. The van der Waals surface area contributed by atoms with Crippen molar-refractivity contribution in [2.45, 2.75) is 20.3 Å². The molecule has 5 nitrogen and oxygen atoms in total. The van der Waals surface area contributed by atoms with Crippen LogP contribution in [0.5, 0.6) is 0 Å². The quantitative estimate of drug-likeness (QED) is 0.562. The third-order valence-corrected chi connectivity index (χ3v) is 3.51. The van der Waals surface area contributed by atoms with Crippen LogP contribution in [0.15, 0.2) is 0 Å². The van der Waals surface area contributed by atoms with Gasteiger partial charge in [0.25, 0.3) is 0 Å². The van der Waals surface area contributed by atoms with Crippen molar-refractivity contribution in [2.75, 3.05) is 38.8 Å². The molecule has 0 aliphatic rings. The Morgan fingerprint density at radius 1 is 1.50 bits per heavy atom. The van der Waals surface area contributed by atoms with E-state index in [-0.39, 0.29) is 5.97 Å². The van der Waals surface area contributed by atoms with Crippen molar-refractivity contribution in [1.29, 1.82) is 0 Å². The van der Waals surface area contributed by atoms with Crippen LogP contribution in [-0.2, 0) is 9.47 Å². The molecule has 0 N–H and O–H groups in total. The molecule has 0 aliphatic heterocycles. The number of anilines is 1. The van der Waals surface area contributed by atoms with Crippen molar-refractivity contribution in [3.63, 3.8) is 0 Å². The number of methoxy groups -OCH3 is 1. The maximum Gasteiger partial charge on any atom is 0.358 e. The minimum atomic E-state index is -0.345. The van der Waals surface area contributed by atoms with Crippen molar-refractivity contribution < 1.29 is 14.3 Å². The number of rotatable bonds is 7. The van der Waals surface area contributed by atoms with Crippen LogP contribution in [0.3, 0.4) is 0 Å². The molecular formula is C12H20N2O3S. The fourth-order valence-corrected chi connectivity index (χ4v) is 2.36. The number of carbonyl (C=O) groups is 1. The van der Waals surface area contributed by atoms with Crippen LogP contribution < -0.4 is 4.90 Å². The van der Waals surface area contributed by atoms with Gasteiger partial charge in [-0.05, 0) is 20.3 Å². The molecule has 1 aromatic heterocycles. The first-order valence-corrected chi connectivity index (χ1v) is 6.76. The maximum atomic E-state index is 11.6. The average molecular weight is 272 g/mol. The van der Waals surface area contributed by atoms with Crippen LogP contribution in [-0.4, -0.2) is 44.9 Å². The first kappa shape index (κ1) is 14.9. The Morgan fingerprint density at radius 2 is 2.22 bits per heavy atom. The Hall–Kier alpha value is -1.14. The summed E-state index contributed by atoms with van der Waals surface area (Å²) in [7, 11) is 3.65. The van der Waals surface area contributed by atoms with Crippen molar-refractivity contribution in [1.82, 2.24) is 4.98 Å². The Morgan fingerprint density at radius 3 is 2.83 bits per heavy atom. The van der Waals surface area contributed by atoms with Gasteiger partial charge in [0.1, 0.15) is 0 Å². The Bertz CT molecular complexity index is 393. The van der Waals surface area contributed by atoms with Crippen LogP contribution >= 0.6 is 11.3 Å². The number of thiazole rings is 1. The number of esters is 1. The fourth-order valence-electron chi connectivity index (χ4n) is 1.48. The minimum Gasteiger partial charge on any atom is -0.461 e. The molecule has 0 atom stereocenters. The Balaban J connectivity index is 2.67. The molecule has 0 aliphatic carbocycles. The van der Waals surface area contributed by atoms with Crippen LogP contribution in [0.25, 0.3) is 0 Å². The van der Waals surface area contributed by atoms with Gasteiger partial charge in [0.2, 0.25) is 0 Å². The average Bonchev–Trinajstić information content (AvgIpc) is 2.72. The number of hydrogen-bond acceptors (Lipinski definition) is 6. The molecule has 0 aromatic carbocycles. The van der Waals surface area contributed by atoms with Gasteiger partial charge in [-0.15, -0.1) is 11.3 Å². The summed E-state index contributed by atoms with van der Waals surface area (Å²) in [6.45, 7) is 5.62. The molecule has 0 spiro atoms. The zero-order valence-electron chi connectivity index (χ0n) is 11.4. The van der Waals surface area contributed by atoms with Gasteiger partial charge in [0.15, 0.2) is 10.8 Å². The third-order valence-electron chi connectivity index (χ3n) is 2.42. The topological polar surface area (TPSA) is 51.7 Å². The van der Waals surface area contributed by atoms with E-state index in [4.69, 9.17) is 9.47 Å². The first-order chi connectivity index (χ1) is 8.60. The SMILES string of the molecule is CCOC(=O)c1nc(N(C)CCCOC)sc1C. The van der Waals surface area contributed by atoms with Gasteiger partial charge in [-0.3, -0.25) is 0 Å². The summed E-state index contributed by atoms with van der Waals surface area (Å²) in [5.41, 5.74) is 0.426. The molecular weight excluding hydrogens is 252 g/mol. The van der Waals surface area contributed by atoms with Gasteiger partial charge >= 0.3 is 5.97 Å². The summed E-state index contributed by atoms with van der Waals surface area (Å²) >= 11 is 1.51. The molecule has 0 saturated carbocycles. The minimum absolute atomic E-state index is 0.345. The van der Waals surface area contributed by atoms with Crippen LogP contribution in [0.2, 0.25) is 0 Å². The van der Waals surface area contributed by atoms with Gasteiger partial charge in [-0.25, -0.2) is 9.78 Å². The largest absolute Gasteiger partial charge is 0.461 e. The number of ether oxygens (including phenoxy) is 2. The van der Waals surface area contributed by atoms with E-state index in [0.717, 1.165) is 29.6 Å². The normalized spacial score (nSPS) is 10.4. The zero-order chi connectivity index (χ0) is 13.5. The van der Waals surface area contributed by atoms with E-state index in [1.54, 1.807) is 14.0 Å². The standard InChI is InChI=1S/C12H20N2O3S/c1-5-17-11(15)10-9(2)18-12(13-10)14(3)7-6-8-16-4/h5-8H2,1-4H3. The predicted octanol–water partition coefficient (Wildman–Crippen LogP) is 2.10. The summed E-state index contributed by atoms with van der Waals surface area (Å²) in [6, 6.07) is 0. The van der Waals surface area contributed by atoms with Crippen LogP contribution in [0.1, 0.15) is 28.7 Å². The Kier molecular flexibility index (Phi) is 6.07. The lowest BCUT2D eigenvalue weighted by atomic mass is 10.4. The van der Waals surface area contributed by atoms with Gasteiger partial charge in [-0.1, -0.05) is 0 Å². The molecule has 6 heteroatoms. The van der Waals surface area contributed by atoms with Crippen LogP contribution in [0.4, 0.5) is 5.13 Å². The molecule has 0 amide bonds. The van der Waals surface area contributed by atoms with Gasteiger partial charge in [0.05, 0.1) is 6.61 Å². The second-order valence-electron chi connectivity index (χ2n) is 3.89. The van der Waals surface area contributed by atoms with E-state index in [2.05, 4.69) is 4.98 Å². The first-order valence-electron chi connectivity index (χ1n) is 5.94. The molecule has 1 rings (SSSR count). The summed E-state index contributed by atoms with van der Waals surface area (Å²) in [5.74, 6) is -0.345. The van der Waals surface area contributed by atoms with Crippen molar-refractivity contribution in [3.8, 4) is 0 Å². The van der Waals surface area contributed by atoms with E-state index in [1.807, 2.05) is 18.9 Å². The molecule has 1 heterocycles. The number of nitrogens with zero attached hydrogens (tertiary/aromatic N) is 2. The van der Waals surface area contributed by atoms with E-state index in [1.165, 1.54) is 11.3 Å². The van der Waals surface area contributed by atoms with Gasteiger partial charge in [0, 0.05) is 32.2 Å². The van der Waals surface area contributed by atoms with E-state index in [9.17, 15) is 4.79 Å². The second-order valence-corrected chi connectivity index (χ2v) is 5.07. The highest BCUT2D eigenvalue weighted by Gasteiger charge is 2.18. The number of aromatic nitrogens is 1. The molecule has 1 aromatic rings. The summed E-state index contributed by atoms with van der Waals surface area (Å²) in [6.07, 6.45) is 0.931. The maximum absolute atomic E-state index is 11.6. The lowest BCUT2D eigenvalue weighted by molar-refractivity contribution is 0.0519.